The molecule has 0 radical (unpaired) electrons. The van der Waals surface area contributed by atoms with Crippen LogP contribution in [0.15, 0.2) is 10.9 Å². The molecule has 0 amide bonds. The highest BCUT2D eigenvalue weighted by Gasteiger charge is 2.19. The van der Waals surface area contributed by atoms with Crippen LogP contribution in [0.4, 0.5) is 5.69 Å². The number of H-pyrrole nitrogens is 1. The van der Waals surface area contributed by atoms with Crippen molar-refractivity contribution in [1.29, 1.82) is 0 Å². The zero-order chi connectivity index (χ0) is 11.1. The van der Waals surface area contributed by atoms with Gasteiger partial charge in [0, 0.05) is 12.1 Å². The highest BCUT2D eigenvalue weighted by atomic mass is 32.2. The van der Waals surface area contributed by atoms with Crippen molar-refractivity contribution in [3.05, 3.63) is 27.7 Å². The van der Waals surface area contributed by atoms with E-state index in [4.69, 9.17) is 5.73 Å². The van der Waals surface area contributed by atoms with Crippen LogP contribution in [0.3, 0.4) is 0 Å². The van der Waals surface area contributed by atoms with Gasteiger partial charge in [0.05, 0.1) is 17.2 Å². The van der Waals surface area contributed by atoms with E-state index in [-0.39, 0.29) is 22.8 Å². The van der Waals surface area contributed by atoms with Crippen LogP contribution in [0.5, 0.6) is 0 Å². The molecule has 0 atom stereocenters. The van der Waals surface area contributed by atoms with Gasteiger partial charge in [0.25, 0.3) is 5.56 Å². The standard InChI is InChI=1S/C9H12N2O3S/c10-7-5-6-1-3-15(13,14)4-2-8(6)11-9(7)12/h5H,1-4,10H2,(H,11,12). The smallest absolute Gasteiger partial charge is 0.271 e. The molecule has 1 aromatic rings. The summed E-state index contributed by atoms with van der Waals surface area (Å²) in [7, 11) is -2.98. The second-order valence-electron chi connectivity index (χ2n) is 3.71. The van der Waals surface area contributed by atoms with E-state index >= 15 is 0 Å². The van der Waals surface area contributed by atoms with Gasteiger partial charge in [-0.1, -0.05) is 0 Å². The van der Waals surface area contributed by atoms with Crippen molar-refractivity contribution in [1.82, 2.24) is 4.98 Å². The van der Waals surface area contributed by atoms with Gasteiger partial charge in [-0.3, -0.25) is 4.79 Å². The first-order valence-corrected chi connectivity index (χ1v) is 6.51. The van der Waals surface area contributed by atoms with Gasteiger partial charge in [0.15, 0.2) is 9.84 Å². The molecular weight excluding hydrogens is 216 g/mol. The number of hydrogen-bond donors (Lipinski definition) is 2. The van der Waals surface area contributed by atoms with Crippen molar-refractivity contribution >= 4 is 15.5 Å². The molecule has 0 aromatic carbocycles. The first kappa shape index (κ1) is 10.2. The van der Waals surface area contributed by atoms with E-state index in [0.29, 0.717) is 18.5 Å². The van der Waals surface area contributed by atoms with E-state index in [1.165, 1.54) is 0 Å². The van der Waals surface area contributed by atoms with Crippen molar-refractivity contribution in [2.75, 3.05) is 17.2 Å². The summed E-state index contributed by atoms with van der Waals surface area (Å²) in [6, 6.07) is 1.58. The number of nitrogens with one attached hydrogen (secondary N) is 1. The zero-order valence-electron chi connectivity index (χ0n) is 8.12. The molecule has 2 rings (SSSR count). The average Bonchev–Trinajstić information content (AvgIpc) is 2.29. The van der Waals surface area contributed by atoms with E-state index in [1.807, 2.05) is 0 Å². The quantitative estimate of drug-likeness (QED) is 0.624. The number of nitrogen functional groups attached to an aromatic ring is 1. The Balaban J connectivity index is 2.49. The lowest BCUT2D eigenvalue weighted by atomic mass is 10.1. The number of aromatic nitrogens is 1. The zero-order valence-corrected chi connectivity index (χ0v) is 8.93. The van der Waals surface area contributed by atoms with Crippen molar-refractivity contribution in [3.63, 3.8) is 0 Å². The lowest BCUT2D eigenvalue weighted by Crippen LogP contribution is -2.16. The molecule has 1 aliphatic rings. The SMILES string of the molecule is Nc1cc2c([nH]c1=O)CCS(=O)(=O)CC2. The molecule has 0 saturated carbocycles. The van der Waals surface area contributed by atoms with Crippen LogP contribution in [0, 0.1) is 0 Å². The lowest BCUT2D eigenvalue weighted by molar-refractivity contribution is 0.596. The predicted octanol–water partition coefficient (Wildman–Crippen LogP) is -0.529. The van der Waals surface area contributed by atoms with E-state index < -0.39 is 9.84 Å². The van der Waals surface area contributed by atoms with Crippen LogP contribution in [0.2, 0.25) is 0 Å². The van der Waals surface area contributed by atoms with Gasteiger partial charge in [0.2, 0.25) is 0 Å². The minimum Gasteiger partial charge on any atom is -0.394 e. The summed E-state index contributed by atoms with van der Waals surface area (Å²) in [4.78, 5) is 13.9. The molecule has 0 spiro atoms. The maximum atomic E-state index is 11.4. The monoisotopic (exact) mass is 228 g/mol. The minimum atomic E-state index is -2.98. The normalized spacial score (nSPS) is 19.2. The first-order valence-electron chi connectivity index (χ1n) is 4.69. The molecule has 0 unspecified atom stereocenters. The van der Waals surface area contributed by atoms with Crippen LogP contribution < -0.4 is 11.3 Å². The summed E-state index contributed by atoms with van der Waals surface area (Å²) in [6.07, 6.45) is 0.797. The van der Waals surface area contributed by atoms with Crippen molar-refractivity contribution < 1.29 is 8.42 Å². The third-order valence-corrected chi connectivity index (χ3v) is 4.24. The lowest BCUT2D eigenvalue weighted by Gasteiger charge is -2.04. The summed E-state index contributed by atoms with van der Waals surface area (Å²) >= 11 is 0. The Morgan fingerprint density at radius 3 is 2.67 bits per heavy atom. The number of rotatable bonds is 0. The van der Waals surface area contributed by atoms with Crippen molar-refractivity contribution in [2.24, 2.45) is 0 Å². The summed E-state index contributed by atoms with van der Waals surface area (Å²) in [5.74, 6) is 0.228. The predicted molar refractivity (Wildman–Crippen MR) is 57.5 cm³/mol. The molecule has 0 bridgehead atoms. The van der Waals surface area contributed by atoms with Crippen LogP contribution >= 0.6 is 0 Å². The molecule has 1 aromatic heterocycles. The maximum Gasteiger partial charge on any atom is 0.271 e. The fourth-order valence-corrected chi connectivity index (χ4v) is 2.95. The average molecular weight is 228 g/mol. The fraction of sp³-hybridized carbons (Fsp3) is 0.444. The number of sulfone groups is 1. The number of nitrogens with two attached hydrogens (primary N) is 1. The van der Waals surface area contributed by atoms with E-state index in [0.717, 1.165) is 5.56 Å². The number of hydrogen-bond acceptors (Lipinski definition) is 4. The van der Waals surface area contributed by atoms with Crippen LogP contribution in [-0.4, -0.2) is 24.9 Å². The van der Waals surface area contributed by atoms with Gasteiger partial charge in [-0.05, 0) is 18.1 Å². The molecule has 6 heteroatoms. The molecular formula is C9H12N2O3S. The number of fused-ring (bicyclic) bond motifs is 1. The molecule has 0 fully saturated rings. The summed E-state index contributed by atoms with van der Waals surface area (Å²) < 4.78 is 22.8. The van der Waals surface area contributed by atoms with Gasteiger partial charge in [0.1, 0.15) is 0 Å². The summed E-state index contributed by atoms with van der Waals surface area (Å²) in [5, 5.41) is 0. The molecule has 3 N–H and O–H groups in total. The Kier molecular flexibility index (Phi) is 2.30. The first-order chi connectivity index (χ1) is 6.98. The Hall–Kier alpha value is -1.30. The van der Waals surface area contributed by atoms with Gasteiger partial charge < -0.3 is 10.7 Å². The largest absolute Gasteiger partial charge is 0.394 e. The van der Waals surface area contributed by atoms with E-state index in [2.05, 4.69) is 4.98 Å². The number of pyridine rings is 1. The highest BCUT2D eigenvalue weighted by molar-refractivity contribution is 7.91. The fourth-order valence-electron chi connectivity index (χ4n) is 1.70. The second-order valence-corrected chi connectivity index (χ2v) is 6.01. The summed E-state index contributed by atoms with van der Waals surface area (Å²) in [6.45, 7) is 0. The topological polar surface area (TPSA) is 93.0 Å². The third-order valence-electron chi connectivity index (χ3n) is 2.59. The maximum absolute atomic E-state index is 11.4. The Labute approximate surface area is 87.2 Å². The van der Waals surface area contributed by atoms with Gasteiger partial charge in [-0.2, -0.15) is 0 Å². The second kappa shape index (κ2) is 3.37. The molecule has 5 nitrogen and oxygen atoms in total. The molecule has 2 heterocycles. The van der Waals surface area contributed by atoms with E-state index in [9.17, 15) is 13.2 Å². The van der Waals surface area contributed by atoms with Crippen LogP contribution in [0.1, 0.15) is 11.3 Å². The van der Waals surface area contributed by atoms with Crippen LogP contribution in [0.25, 0.3) is 0 Å². The Bertz CT molecular complexity index is 545. The van der Waals surface area contributed by atoms with Crippen molar-refractivity contribution in [3.8, 4) is 0 Å². The Morgan fingerprint density at radius 1 is 1.27 bits per heavy atom. The third kappa shape index (κ3) is 2.04. The molecule has 15 heavy (non-hydrogen) atoms. The number of anilines is 1. The summed E-state index contributed by atoms with van der Waals surface area (Å²) in [5.41, 5.74) is 6.82. The molecule has 0 saturated heterocycles. The highest BCUT2D eigenvalue weighted by Crippen LogP contribution is 2.15. The van der Waals surface area contributed by atoms with E-state index in [1.54, 1.807) is 6.07 Å². The minimum absolute atomic E-state index is 0.0971. The van der Waals surface area contributed by atoms with Gasteiger partial charge in [-0.25, -0.2) is 8.42 Å². The molecule has 1 aliphatic heterocycles. The van der Waals surface area contributed by atoms with Gasteiger partial charge >= 0.3 is 0 Å². The molecule has 0 aliphatic carbocycles. The van der Waals surface area contributed by atoms with Crippen molar-refractivity contribution in [2.45, 2.75) is 12.8 Å². The Morgan fingerprint density at radius 2 is 1.93 bits per heavy atom. The van der Waals surface area contributed by atoms with Gasteiger partial charge in [-0.15, -0.1) is 0 Å². The number of aryl methyl sites for hydroxylation is 2. The molecule has 82 valence electrons. The van der Waals surface area contributed by atoms with Crippen LogP contribution in [-0.2, 0) is 22.7 Å². The number of aromatic amines is 1.